The molecule has 8 heteroatoms. The van der Waals surface area contributed by atoms with Gasteiger partial charge in [0, 0.05) is 11.1 Å². The zero-order valence-electron chi connectivity index (χ0n) is 16.7. The maximum Gasteiger partial charge on any atom is 0.339 e. The van der Waals surface area contributed by atoms with Gasteiger partial charge in [-0.2, -0.15) is 0 Å². The van der Waals surface area contributed by atoms with Crippen molar-refractivity contribution in [1.82, 2.24) is 9.55 Å². The van der Waals surface area contributed by atoms with Crippen LogP contribution in [0.3, 0.4) is 0 Å². The topological polar surface area (TPSA) is 90.3 Å². The first-order valence-electron chi connectivity index (χ1n) is 9.54. The first kappa shape index (κ1) is 20.7. The Morgan fingerprint density at radius 2 is 1.86 bits per heavy atom. The Balaban J connectivity index is 1.90. The van der Waals surface area contributed by atoms with Crippen molar-refractivity contribution in [3.8, 4) is 0 Å². The molecule has 0 aliphatic rings. The fourth-order valence-electron chi connectivity index (χ4n) is 3.18. The summed E-state index contributed by atoms with van der Waals surface area (Å²) in [5.74, 6) is -0.888. The van der Waals surface area contributed by atoms with Gasteiger partial charge in [0.1, 0.15) is 11.4 Å². The van der Waals surface area contributed by atoms with E-state index in [4.69, 9.17) is 4.74 Å². The third-order valence-electron chi connectivity index (χ3n) is 4.63. The lowest BCUT2D eigenvalue weighted by atomic mass is 10.0. The summed E-state index contributed by atoms with van der Waals surface area (Å²) >= 11 is 1.20. The summed E-state index contributed by atoms with van der Waals surface area (Å²) in [7, 11) is 0. The van der Waals surface area contributed by atoms with Gasteiger partial charge in [-0.05, 0) is 30.9 Å². The number of carbonyl (C=O) groups excluding carboxylic acids is 2. The van der Waals surface area contributed by atoms with E-state index in [1.54, 1.807) is 12.3 Å². The number of thiophene rings is 1. The van der Waals surface area contributed by atoms with Crippen molar-refractivity contribution in [3.63, 3.8) is 0 Å². The summed E-state index contributed by atoms with van der Waals surface area (Å²) in [6.07, 6.45) is 2.91. The van der Waals surface area contributed by atoms with E-state index >= 15 is 0 Å². The summed E-state index contributed by atoms with van der Waals surface area (Å²) in [6.45, 7) is 5.78. The average molecular weight is 413 g/mol. The number of fused-ring (bicyclic) bond motifs is 1. The molecule has 29 heavy (non-hydrogen) atoms. The standard InChI is InChI=1S/C21H23N3O4S/c1-4-13-8-7-9-14(5-2)18(13)23-16(25)10-24-12-22-19-17(20(24)26)15(11-29-19)21(27)28-6-3/h7-9,11-12H,4-6,10H2,1-3H3,(H,23,25). The number of carbonyl (C=O) groups is 2. The van der Waals surface area contributed by atoms with E-state index in [1.807, 2.05) is 32.0 Å². The minimum Gasteiger partial charge on any atom is -0.462 e. The zero-order valence-corrected chi connectivity index (χ0v) is 17.5. The van der Waals surface area contributed by atoms with Crippen LogP contribution in [0.5, 0.6) is 0 Å². The number of hydrogen-bond donors (Lipinski definition) is 1. The fraction of sp³-hybridized carbons (Fsp3) is 0.333. The molecule has 1 amide bonds. The third-order valence-corrected chi connectivity index (χ3v) is 5.52. The highest BCUT2D eigenvalue weighted by Crippen LogP contribution is 2.23. The van der Waals surface area contributed by atoms with Gasteiger partial charge in [0.05, 0.1) is 23.9 Å². The molecule has 3 aromatic rings. The van der Waals surface area contributed by atoms with Crippen molar-refractivity contribution in [2.45, 2.75) is 40.2 Å². The lowest BCUT2D eigenvalue weighted by Gasteiger charge is -2.15. The van der Waals surface area contributed by atoms with E-state index < -0.39 is 11.5 Å². The molecule has 0 radical (unpaired) electrons. The second-order valence-electron chi connectivity index (χ2n) is 6.43. The number of nitrogens with one attached hydrogen (secondary N) is 1. The van der Waals surface area contributed by atoms with Crippen LogP contribution >= 0.6 is 11.3 Å². The molecule has 2 heterocycles. The SMILES string of the molecule is CCOC(=O)c1csc2ncn(CC(=O)Nc3c(CC)cccc3CC)c(=O)c12. The van der Waals surface area contributed by atoms with Crippen LogP contribution in [-0.4, -0.2) is 28.0 Å². The predicted molar refractivity (Wildman–Crippen MR) is 114 cm³/mol. The molecule has 2 aromatic heterocycles. The smallest absolute Gasteiger partial charge is 0.339 e. The van der Waals surface area contributed by atoms with Crippen molar-refractivity contribution in [3.05, 3.63) is 57.0 Å². The Hall–Kier alpha value is -3.00. The highest BCUT2D eigenvalue weighted by molar-refractivity contribution is 7.17. The molecular weight excluding hydrogens is 390 g/mol. The maximum atomic E-state index is 12.9. The number of rotatable bonds is 7. The molecule has 0 aliphatic carbocycles. The zero-order chi connectivity index (χ0) is 21.0. The van der Waals surface area contributed by atoms with Crippen LogP contribution in [-0.2, 0) is 28.9 Å². The van der Waals surface area contributed by atoms with Gasteiger partial charge >= 0.3 is 5.97 Å². The number of nitrogens with zero attached hydrogens (tertiary/aromatic N) is 2. The Morgan fingerprint density at radius 3 is 2.48 bits per heavy atom. The van der Waals surface area contributed by atoms with Gasteiger partial charge < -0.3 is 10.1 Å². The van der Waals surface area contributed by atoms with E-state index in [0.717, 1.165) is 29.7 Å². The van der Waals surface area contributed by atoms with E-state index in [0.29, 0.717) is 4.83 Å². The van der Waals surface area contributed by atoms with Crippen LogP contribution in [0.25, 0.3) is 10.2 Å². The van der Waals surface area contributed by atoms with E-state index in [2.05, 4.69) is 10.3 Å². The van der Waals surface area contributed by atoms with Crippen LogP contribution in [0.4, 0.5) is 5.69 Å². The minimum absolute atomic E-state index is 0.184. The molecule has 0 fully saturated rings. The summed E-state index contributed by atoms with van der Waals surface area (Å²) in [5, 5.41) is 4.69. The lowest BCUT2D eigenvalue weighted by Crippen LogP contribution is -2.28. The number of benzene rings is 1. The van der Waals surface area contributed by atoms with Gasteiger partial charge in [-0.3, -0.25) is 14.2 Å². The Morgan fingerprint density at radius 1 is 1.17 bits per heavy atom. The third kappa shape index (κ3) is 4.22. The number of esters is 1. The number of aromatic nitrogens is 2. The Labute approximate surface area is 172 Å². The van der Waals surface area contributed by atoms with E-state index in [9.17, 15) is 14.4 Å². The van der Waals surface area contributed by atoms with Crippen LogP contribution in [0.2, 0.25) is 0 Å². The molecule has 7 nitrogen and oxygen atoms in total. The minimum atomic E-state index is -0.565. The summed E-state index contributed by atoms with van der Waals surface area (Å²) < 4.78 is 6.23. The summed E-state index contributed by atoms with van der Waals surface area (Å²) in [4.78, 5) is 42.4. The molecule has 0 atom stereocenters. The van der Waals surface area contributed by atoms with Crippen molar-refractivity contribution in [2.75, 3.05) is 11.9 Å². The predicted octanol–water partition coefficient (Wildman–Crippen LogP) is 3.40. The van der Waals surface area contributed by atoms with Gasteiger partial charge in [0.2, 0.25) is 5.91 Å². The Kier molecular flexibility index (Phi) is 6.43. The number of amides is 1. The van der Waals surface area contributed by atoms with Gasteiger partial charge in [-0.1, -0.05) is 32.0 Å². The molecule has 0 saturated heterocycles. The number of para-hydroxylation sites is 1. The van der Waals surface area contributed by atoms with Crippen LogP contribution in [0.1, 0.15) is 42.3 Å². The molecule has 1 aromatic carbocycles. The molecule has 152 valence electrons. The molecule has 0 saturated carbocycles. The monoisotopic (exact) mass is 413 g/mol. The van der Waals surface area contributed by atoms with Crippen molar-refractivity contribution < 1.29 is 14.3 Å². The van der Waals surface area contributed by atoms with Crippen LogP contribution in [0.15, 0.2) is 34.7 Å². The quantitative estimate of drug-likeness (QED) is 0.600. The van der Waals surface area contributed by atoms with Gasteiger partial charge in [0.15, 0.2) is 0 Å². The molecule has 0 spiro atoms. The first-order valence-corrected chi connectivity index (χ1v) is 10.4. The highest BCUT2D eigenvalue weighted by atomic mass is 32.1. The van der Waals surface area contributed by atoms with Crippen molar-refractivity contribution in [2.24, 2.45) is 0 Å². The molecule has 0 bridgehead atoms. The number of anilines is 1. The van der Waals surface area contributed by atoms with E-state index in [1.165, 1.54) is 22.2 Å². The lowest BCUT2D eigenvalue weighted by molar-refractivity contribution is -0.116. The highest BCUT2D eigenvalue weighted by Gasteiger charge is 2.19. The summed E-state index contributed by atoms with van der Waals surface area (Å²) in [6, 6.07) is 5.93. The molecule has 3 rings (SSSR count). The van der Waals surface area contributed by atoms with E-state index in [-0.39, 0.29) is 30.0 Å². The van der Waals surface area contributed by atoms with Crippen molar-refractivity contribution >= 4 is 39.1 Å². The van der Waals surface area contributed by atoms with Crippen LogP contribution < -0.4 is 10.9 Å². The molecule has 0 aliphatic heterocycles. The molecular formula is C21H23N3O4S. The maximum absolute atomic E-state index is 12.9. The number of aryl methyl sites for hydroxylation is 2. The second kappa shape index (κ2) is 9.00. The first-order chi connectivity index (χ1) is 14.0. The largest absolute Gasteiger partial charge is 0.462 e. The van der Waals surface area contributed by atoms with Gasteiger partial charge in [-0.15, -0.1) is 11.3 Å². The molecule has 1 N–H and O–H groups in total. The normalized spacial score (nSPS) is 10.9. The molecule has 0 unspecified atom stereocenters. The number of hydrogen-bond acceptors (Lipinski definition) is 6. The second-order valence-corrected chi connectivity index (χ2v) is 7.29. The van der Waals surface area contributed by atoms with Crippen LogP contribution in [0, 0.1) is 0 Å². The van der Waals surface area contributed by atoms with Gasteiger partial charge in [0.25, 0.3) is 5.56 Å². The Bertz CT molecular complexity index is 1090. The van der Waals surface area contributed by atoms with Crippen molar-refractivity contribution in [1.29, 1.82) is 0 Å². The summed E-state index contributed by atoms with van der Waals surface area (Å²) in [5.41, 5.74) is 2.63. The van der Waals surface area contributed by atoms with Gasteiger partial charge in [-0.25, -0.2) is 9.78 Å². The fourth-order valence-corrected chi connectivity index (χ4v) is 4.04. The number of ether oxygens (including phenoxy) is 1. The average Bonchev–Trinajstić information content (AvgIpc) is 3.15.